The van der Waals surface area contributed by atoms with Crippen molar-refractivity contribution >= 4 is 19.9 Å². The van der Waals surface area contributed by atoms with Gasteiger partial charge in [-0.3, -0.25) is 0 Å². The third-order valence-corrected chi connectivity index (χ3v) is 4.81. The first-order valence-corrected chi connectivity index (χ1v) is 7.80. The van der Waals surface area contributed by atoms with Crippen molar-refractivity contribution in [3.63, 3.8) is 0 Å². The van der Waals surface area contributed by atoms with Crippen molar-refractivity contribution in [2.24, 2.45) is 0 Å². The molecule has 0 spiro atoms. The minimum absolute atomic E-state index is 0.00748. The summed E-state index contributed by atoms with van der Waals surface area (Å²) in [6.07, 6.45) is 1.04. The summed E-state index contributed by atoms with van der Waals surface area (Å²) in [5.74, 6) is 0. The van der Waals surface area contributed by atoms with Gasteiger partial charge in [0.25, 0.3) is 0 Å². The number of benzene rings is 1. The molecule has 16 heavy (non-hydrogen) atoms. The number of sulfonamides is 1. The molecule has 0 atom stereocenters. The third kappa shape index (κ3) is 2.60. The number of nitrogens with one attached hydrogen (secondary N) is 1. The molecule has 0 saturated heterocycles. The van der Waals surface area contributed by atoms with Crippen molar-refractivity contribution in [2.45, 2.75) is 16.7 Å². The summed E-state index contributed by atoms with van der Waals surface area (Å²) in [6.45, 7) is 1.61. The average molecular weight is 263 g/mol. The van der Waals surface area contributed by atoms with Crippen LogP contribution in [0, 0.1) is 6.92 Å². The highest BCUT2D eigenvalue weighted by Gasteiger charge is 2.17. The van der Waals surface area contributed by atoms with E-state index in [0.717, 1.165) is 12.3 Å². The Morgan fingerprint density at radius 3 is 2.12 bits per heavy atom. The van der Waals surface area contributed by atoms with Crippen LogP contribution in [0.5, 0.6) is 0 Å². The van der Waals surface area contributed by atoms with Gasteiger partial charge in [0, 0.05) is 6.26 Å². The van der Waals surface area contributed by atoms with Gasteiger partial charge in [-0.15, -0.1) is 0 Å². The highest BCUT2D eigenvalue weighted by molar-refractivity contribution is 7.91. The molecule has 7 heteroatoms. The molecule has 0 saturated carbocycles. The molecule has 0 heterocycles. The molecule has 0 aromatic heterocycles. The smallest absolute Gasteiger partial charge is 0.224 e. The number of rotatable bonds is 3. The Balaban J connectivity index is 3.54. The molecule has 1 aromatic carbocycles. The van der Waals surface area contributed by atoms with Gasteiger partial charge in [0.05, 0.1) is 9.79 Å². The molecule has 1 N–H and O–H groups in total. The lowest BCUT2D eigenvalue weighted by atomic mass is 10.2. The second-order valence-corrected chi connectivity index (χ2v) is 7.28. The van der Waals surface area contributed by atoms with Gasteiger partial charge in [0.1, 0.15) is 0 Å². The quantitative estimate of drug-likeness (QED) is 0.851. The molecule has 0 aliphatic heterocycles. The van der Waals surface area contributed by atoms with E-state index < -0.39 is 19.9 Å². The molecule has 0 radical (unpaired) electrons. The number of sulfone groups is 1. The Morgan fingerprint density at radius 2 is 1.69 bits per heavy atom. The molecule has 0 bridgehead atoms. The highest BCUT2D eigenvalue weighted by Crippen LogP contribution is 2.19. The number of hydrogen-bond acceptors (Lipinski definition) is 4. The van der Waals surface area contributed by atoms with Crippen molar-refractivity contribution < 1.29 is 16.8 Å². The fraction of sp³-hybridized carbons (Fsp3) is 0.333. The van der Waals surface area contributed by atoms with Gasteiger partial charge in [-0.05, 0) is 31.7 Å². The lowest BCUT2D eigenvalue weighted by molar-refractivity contribution is 0.587. The molecular weight excluding hydrogens is 250 g/mol. The summed E-state index contributed by atoms with van der Waals surface area (Å²) in [5.41, 5.74) is 0.502. The largest absolute Gasteiger partial charge is 0.240 e. The molecule has 0 unspecified atom stereocenters. The fourth-order valence-electron chi connectivity index (χ4n) is 1.21. The Hall–Kier alpha value is -0.920. The van der Waals surface area contributed by atoms with E-state index in [-0.39, 0.29) is 9.79 Å². The standard InChI is InChI=1S/C9H13NO4S2/c1-7-4-5-8(15(3,11)12)6-9(7)16(13,14)10-2/h4-6,10H,1-3H3. The van der Waals surface area contributed by atoms with Crippen molar-refractivity contribution in [3.05, 3.63) is 23.8 Å². The van der Waals surface area contributed by atoms with Crippen molar-refractivity contribution in [1.29, 1.82) is 0 Å². The van der Waals surface area contributed by atoms with Gasteiger partial charge in [0.2, 0.25) is 10.0 Å². The lowest BCUT2D eigenvalue weighted by Crippen LogP contribution is -2.20. The first-order chi connectivity index (χ1) is 7.18. The van der Waals surface area contributed by atoms with E-state index in [9.17, 15) is 16.8 Å². The molecule has 5 nitrogen and oxygen atoms in total. The summed E-state index contributed by atoms with van der Waals surface area (Å²) in [7, 11) is -5.75. The van der Waals surface area contributed by atoms with Crippen LogP contribution >= 0.6 is 0 Å². The summed E-state index contributed by atoms with van der Waals surface area (Å²) < 4.78 is 47.9. The van der Waals surface area contributed by atoms with Crippen molar-refractivity contribution in [3.8, 4) is 0 Å². The number of aryl methyl sites for hydroxylation is 1. The van der Waals surface area contributed by atoms with E-state index in [4.69, 9.17) is 0 Å². The molecule has 0 aliphatic rings. The van der Waals surface area contributed by atoms with Crippen LogP contribution in [0.15, 0.2) is 28.0 Å². The third-order valence-electron chi connectivity index (χ3n) is 2.15. The summed E-state index contributed by atoms with van der Waals surface area (Å²) in [5, 5.41) is 0. The van der Waals surface area contributed by atoms with Gasteiger partial charge in [0.15, 0.2) is 9.84 Å². The first-order valence-electron chi connectivity index (χ1n) is 4.43. The van der Waals surface area contributed by atoms with Gasteiger partial charge in [-0.2, -0.15) is 0 Å². The normalized spacial score (nSPS) is 12.7. The SMILES string of the molecule is CNS(=O)(=O)c1cc(S(C)(=O)=O)ccc1C. The zero-order valence-electron chi connectivity index (χ0n) is 9.18. The van der Waals surface area contributed by atoms with Crippen LogP contribution in [0.3, 0.4) is 0 Å². The Kier molecular flexibility index (Phi) is 3.41. The van der Waals surface area contributed by atoms with Crippen LogP contribution in [0.4, 0.5) is 0 Å². The Bertz CT molecular complexity index is 602. The van der Waals surface area contributed by atoms with Crippen LogP contribution in [0.1, 0.15) is 5.56 Å². The predicted molar refractivity (Wildman–Crippen MR) is 60.5 cm³/mol. The molecule has 0 aliphatic carbocycles. The van der Waals surface area contributed by atoms with Crippen LogP contribution in [-0.2, 0) is 19.9 Å². The minimum atomic E-state index is -3.63. The van der Waals surface area contributed by atoms with Crippen molar-refractivity contribution in [1.82, 2.24) is 4.72 Å². The molecule has 0 fully saturated rings. The van der Waals surface area contributed by atoms with Crippen molar-refractivity contribution in [2.75, 3.05) is 13.3 Å². The van der Waals surface area contributed by atoms with E-state index in [0.29, 0.717) is 5.56 Å². The van der Waals surface area contributed by atoms with E-state index in [1.165, 1.54) is 19.2 Å². The van der Waals surface area contributed by atoms with Crippen LogP contribution in [0.2, 0.25) is 0 Å². The topological polar surface area (TPSA) is 80.3 Å². The van der Waals surface area contributed by atoms with E-state index >= 15 is 0 Å². The molecule has 1 rings (SSSR count). The monoisotopic (exact) mass is 263 g/mol. The Morgan fingerprint density at radius 1 is 1.12 bits per heavy atom. The average Bonchev–Trinajstić information content (AvgIpc) is 2.16. The minimum Gasteiger partial charge on any atom is -0.224 e. The Labute approximate surface area is 95.5 Å². The van der Waals surface area contributed by atoms with E-state index in [1.54, 1.807) is 6.92 Å². The summed E-state index contributed by atoms with van der Waals surface area (Å²) in [6, 6.07) is 4.02. The lowest BCUT2D eigenvalue weighted by Gasteiger charge is -2.07. The molecule has 0 amide bonds. The predicted octanol–water partition coefficient (Wildman–Crippen LogP) is 0.307. The maximum absolute atomic E-state index is 11.6. The van der Waals surface area contributed by atoms with E-state index in [1.807, 2.05) is 0 Å². The fourth-order valence-corrected chi connectivity index (χ4v) is 2.93. The zero-order chi connectivity index (χ0) is 12.6. The van der Waals surface area contributed by atoms with Gasteiger partial charge < -0.3 is 0 Å². The van der Waals surface area contributed by atoms with Crippen LogP contribution < -0.4 is 4.72 Å². The van der Waals surface area contributed by atoms with Gasteiger partial charge in [-0.25, -0.2) is 21.6 Å². The maximum atomic E-state index is 11.6. The van der Waals surface area contributed by atoms with Gasteiger partial charge in [-0.1, -0.05) is 6.07 Å². The maximum Gasteiger partial charge on any atom is 0.240 e. The molecular formula is C9H13NO4S2. The second-order valence-electron chi connectivity index (χ2n) is 3.41. The zero-order valence-corrected chi connectivity index (χ0v) is 10.8. The molecule has 90 valence electrons. The number of hydrogen-bond donors (Lipinski definition) is 1. The van der Waals surface area contributed by atoms with Crippen LogP contribution in [0.25, 0.3) is 0 Å². The summed E-state index contributed by atoms with van der Waals surface area (Å²) >= 11 is 0. The van der Waals surface area contributed by atoms with Crippen LogP contribution in [-0.4, -0.2) is 30.1 Å². The highest BCUT2D eigenvalue weighted by atomic mass is 32.2. The summed E-state index contributed by atoms with van der Waals surface area (Å²) in [4.78, 5) is -0.0233. The first kappa shape index (κ1) is 13.1. The van der Waals surface area contributed by atoms with Gasteiger partial charge >= 0.3 is 0 Å². The second kappa shape index (κ2) is 4.15. The van der Waals surface area contributed by atoms with E-state index in [2.05, 4.69) is 4.72 Å². The molecule has 1 aromatic rings.